The van der Waals surface area contributed by atoms with Gasteiger partial charge in [-0.3, -0.25) is 4.98 Å². The van der Waals surface area contributed by atoms with Crippen molar-refractivity contribution in [3.63, 3.8) is 0 Å². The van der Waals surface area contributed by atoms with E-state index in [0.29, 0.717) is 5.92 Å². The highest BCUT2D eigenvalue weighted by molar-refractivity contribution is 5.93. The van der Waals surface area contributed by atoms with Gasteiger partial charge in [-0.15, -0.1) is 0 Å². The van der Waals surface area contributed by atoms with Crippen molar-refractivity contribution in [3.05, 3.63) is 35.5 Å². The van der Waals surface area contributed by atoms with Crippen molar-refractivity contribution in [2.45, 2.75) is 40.0 Å². The van der Waals surface area contributed by atoms with E-state index in [-0.39, 0.29) is 0 Å². The van der Waals surface area contributed by atoms with Gasteiger partial charge in [-0.2, -0.15) is 0 Å². The molecule has 1 N–H and O–H groups in total. The van der Waals surface area contributed by atoms with E-state index in [4.69, 9.17) is 4.98 Å². The van der Waals surface area contributed by atoms with Gasteiger partial charge >= 0.3 is 0 Å². The minimum Gasteiger partial charge on any atom is -0.385 e. The first-order chi connectivity index (χ1) is 8.67. The molecule has 0 radical (unpaired) electrons. The highest BCUT2D eigenvalue weighted by Crippen LogP contribution is 2.28. The molecular weight excluding hydrogens is 220 g/mol. The van der Waals surface area contributed by atoms with Crippen LogP contribution in [-0.2, 0) is 6.42 Å². The van der Waals surface area contributed by atoms with E-state index in [2.05, 4.69) is 57.3 Å². The predicted octanol–water partition coefficient (Wildman–Crippen LogP) is 4.35. The minimum absolute atomic E-state index is 0.455. The Morgan fingerprint density at radius 1 is 1.22 bits per heavy atom. The van der Waals surface area contributed by atoms with E-state index in [0.717, 1.165) is 18.5 Å². The van der Waals surface area contributed by atoms with Crippen LogP contribution in [0.1, 0.15) is 44.9 Å². The van der Waals surface area contributed by atoms with E-state index < -0.39 is 0 Å². The molecule has 2 nitrogen and oxygen atoms in total. The first-order valence-electron chi connectivity index (χ1n) is 6.83. The van der Waals surface area contributed by atoms with Crippen molar-refractivity contribution >= 4 is 16.6 Å². The average molecular weight is 242 g/mol. The second kappa shape index (κ2) is 5.38. The smallest absolute Gasteiger partial charge is 0.0758 e. The minimum atomic E-state index is 0.455. The maximum absolute atomic E-state index is 4.85. The zero-order chi connectivity index (χ0) is 13.1. The number of rotatable bonds is 4. The Bertz CT molecular complexity index is 544. The van der Waals surface area contributed by atoms with Gasteiger partial charge in [0, 0.05) is 23.3 Å². The van der Waals surface area contributed by atoms with Crippen molar-refractivity contribution in [1.29, 1.82) is 0 Å². The molecule has 0 aliphatic carbocycles. The van der Waals surface area contributed by atoms with Crippen molar-refractivity contribution in [2.24, 2.45) is 0 Å². The van der Waals surface area contributed by atoms with Crippen LogP contribution in [0.4, 0.5) is 5.69 Å². The maximum Gasteiger partial charge on any atom is 0.0758 e. The highest BCUT2D eigenvalue weighted by Gasteiger charge is 2.10. The van der Waals surface area contributed by atoms with Crippen molar-refractivity contribution < 1.29 is 0 Å². The second-order valence-electron chi connectivity index (χ2n) is 4.95. The molecule has 2 aromatic rings. The third-order valence-corrected chi connectivity index (χ3v) is 3.28. The van der Waals surface area contributed by atoms with E-state index in [1.165, 1.54) is 22.3 Å². The molecule has 18 heavy (non-hydrogen) atoms. The molecule has 1 aromatic heterocycles. The fourth-order valence-corrected chi connectivity index (χ4v) is 2.25. The van der Waals surface area contributed by atoms with Crippen LogP contribution in [0.25, 0.3) is 10.9 Å². The summed E-state index contributed by atoms with van der Waals surface area (Å²) >= 11 is 0. The van der Waals surface area contributed by atoms with Crippen LogP contribution in [0.5, 0.6) is 0 Å². The van der Waals surface area contributed by atoms with Crippen LogP contribution in [0.3, 0.4) is 0 Å². The number of hydrogen-bond donors (Lipinski definition) is 1. The monoisotopic (exact) mass is 242 g/mol. The van der Waals surface area contributed by atoms with Gasteiger partial charge in [-0.1, -0.05) is 39.0 Å². The third kappa shape index (κ3) is 2.33. The van der Waals surface area contributed by atoms with Gasteiger partial charge in [-0.05, 0) is 30.9 Å². The molecule has 0 saturated heterocycles. The fraction of sp³-hybridized carbons (Fsp3) is 0.438. The Kier molecular flexibility index (Phi) is 3.85. The molecule has 0 unspecified atom stereocenters. The van der Waals surface area contributed by atoms with Crippen molar-refractivity contribution in [2.75, 3.05) is 11.9 Å². The summed E-state index contributed by atoms with van der Waals surface area (Å²) in [6.07, 6.45) is 1.03. The Morgan fingerprint density at radius 2 is 2.00 bits per heavy atom. The predicted molar refractivity (Wildman–Crippen MR) is 79.4 cm³/mol. The Hall–Kier alpha value is -1.57. The highest BCUT2D eigenvalue weighted by atomic mass is 14.9. The number of aryl methyl sites for hydroxylation is 1. The molecule has 0 spiro atoms. The van der Waals surface area contributed by atoms with Crippen LogP contribution < -0.4 is 5.32 Å². The zero-order valence-corrected chi connectivity index (χ0v) is 11.7. The molecule has 0 amide bonds. The Labute approximate surface area is 109 Å². The fourth-order valence-electron chi connectivity index (χ4n) is 2.25. The lowest BCUT2D eigenvalue weighted by Crippen LogP contribution is -2.02. The van der Waals surface area contributed by atoms with Crippen LogP contribution >= 0.6 is 0 Å². The van der Waals surface area contributed by atoms with Gasteiger partial charge in [-0.25, -0.2) is 0 Å². The standard InChI is InChI=1S/C16H22N2/c1-5-12-8-7-9-13-15(17-6-2)10-14(11(3)4)18-16(12)13/h7-11H,5-6H2,1-4H3,(H,17,18). The number of nitrogens with one attached hydrogen (secondary N) is 1. The van der Waals surface area contributed by atoms with Gasteiger partial charge in [0.15, 0.2) is 0 Å². The van der Waals surface area contributed by atoms with Crippen LogP contribution in [0.2, 0.25) is 0 Å². The number of anilines is 1. The molecule has 1 aromatic carbocycles. The van der Waals surface area contributed by atoms with Crippen LogP contribution in [0.15, 0.2) is 24.3 Å². The second-order valence-corrected chi connectivity index (χ2v) is 4.95. The molecule has 0 fully saturated rings. The summed E-state index contributed by atoms with van der Waals surface area (Å²) in [5.41, 5.74) is 4.86. The molecule has 0 bridgehead atoms. The molecule has 0 aliphatic heterocycles. The van der Waals surface area contributed by atoms with Gasteiger partial charge in [0.25, 0.3) is 0 Å². The molecule has 2 heteroatoms. The number of benzene rings is 1. The maximum atomic E-state index is 4.85. The number of aromatic nitrogens is 1. The van der Waals surface area contributed by atoms with Crippen molar-refractivity contribution in [3.8, 4) is 0 Å². The van der Waals surface area contributed by atoms with Crippen molar-refractivity contribution in [1.82, 2.24) is 4.98 Å². The van der Waals surface area contributed by atoms with Gasteiger partial charge in [0.05, 0.1) is 5.52 Å². The van der Waals surface area contributed by atoms with Crippen LogP contribution in [-0.4, -0.2) is 11.5 Å². The number of fused-ring (bicyclic) bond motifs is 1. The number of hydrogen-bond acceptors (Lipinski definition) is 2. The Balaban J connectivity index is 2.72. The zero-order valence-electron chi connectivity index (χ0n) is 11.7. The summed E-state index contributed by atoms with van der Waals surface area (Å²) in [5.74, 6) is 0.455. The van der Waals surface area contributed by atoms with E-state index in [1.807, 2.05) is 0 Å². The van der Waals surface area contributed by atoms with Gasteiger partial charge in [0.2, 0.25) is 0 Å². The first-order valence-corrected chi connectivity index (χ1v) is 6.83. The van der Waals surface area contributed by atoms with E-state index >= 15 is 0 Å². The largest absolute Gasteiger partial charge is 0.385 e. The molecule has 0 saturated carbocycles. The summed E-state index contributed by atoms with van der Waals surface area (Å²) in [6.45, 7) is 9.64. The molecule has 2 rings (SSSR count). The first kappa shape index (κ1) is 12.9. The molecule has 96 valence electrons. The molecule has 0 atom stereocenters. The lowest BCUT2D eigenvalue weighted by Gasteiger charge is -2.14. The number of nitrogens with zero attached hydrogens (tertiary/aromatic N) is 1. The normalized spacial score (nSPS) is 11.2. The van der Waals surface area contributed by atoms with Gasteiger partial charge < -0.3 is 5.32 Å². The topological polar surface area (TPSA) is 24.9 Å². The number of pyridine rings is 1. The average Bonchev–Trinajstić information content (AvgIpc) is 2.38. The summed E-state index contributed by atoms with van der Waals surface area (Å²) in [6, 6.07) is 8.65. The third-order valence-electron chi connectivity index (χ3n) is 3.28. The Morgan fingerprint density at radius 3 is 2.61 bits per heavy atom. The van der Waals surface area contributed by atoms with Crippen LogP contribution in [0, 0.1) is 0 Å². The lowest BCUT2D eigenvalue weighted by atomic mass is 10.0. The summed E-state index contributed by atoms with van der Waals surface area (Å²) in [4.78, 5) is 4.85. The molecule has 0 aliphatic rings. The van der Waals surface area contributed by atoms with Gasteiger partial charge in [0.1, 0.15) is 0 Å². The quantitative estimate of drug-likeness (QED) is 0.862. The SMILES string of the molecule is CCNc1cc(C(C)C)nc2c(CC)cccc12. The summed E-state index contributed by atoms with van der Waals surface area (Å²) in [7, 11) is 0. The number of para-hydroxylation sites is 1. The lowest BCUT2D eigenvalue weighted by molar-refractivity contribution is 0.829. The van der Waals surface area contributed by atoms with E-state index in [9.17, 15) is 0 Å². The summed E-state index contributed by atoms with van der Waals surface area (Å²) < 4.78 is 0. The van der Waals surface area contributed by atoms with E-state index in [1.54, 1.807) is 0 Å². The molecular formula is C16H22N2. The molecule has 1 heterocycles. The summed E-state index contributed by atoms with van der Waals surface area (Å²) in [5, 5.41) is 4.69.